The SMILES string of the molecule is C=C(C)C(=O)OCCC/C=C/CCCCCCCC. The number of rotatable bonds is 12. The van der Waals surface area contributed by atoms with Gasteiger partial charge in [0, 0.05) is 5.57 Å². The molecule has 0 aromatic carbocycles. The Morgan fingerprint density at radius 1 is 1.00 bits per heavy atom. The molecule has 19 heavy (non-hydrogen) atoms. The minimum atomic E-state index is -0.281. The predicted octanol–water partition coefficient (Wildman–Crippen LogP) is 5.19. The molecule has 110 valence electrons. The Bertz CT molecular complexity index is 266. The van der Waals surface area contributed by atoms with Crippen molar-refractivity contribution in [2.75, 3.05) is 6.61 Å². The Morgan fingerprint density at radius 2 is 1.58 bits per heavy atom. The Labute approximate surface area is 118 Å². The van der Waals surface area contributed by atoms with E-state index in [9.17, 15) is 4.79 Å². The molecule has 0 aliphatic heterocycles. The van der Waals surface area contributed by atoms with Gasteiger partial charge in [0.15, 0.2) is 0 Å². The zero-order valence-electron chi connectivity index (χ0n) is 12.7. The highest BCUT2D eigenvalue weighted by Crippen LogP contribution is 2.07. The standard InChI is InChI=1S/C17H30O2/c1-4-5-6-7-8-9-10-11-12-13-14-15-19-17(18)16(2)3/h11-12H,2,4-10,13-15H2,1,3H3/b12-11+. The molecular formula is C17H30O2. The van der Waals surface area contributed by atoms with Crippen molar-refractivity contribution in [2.24, 2.45) is 0 Å². The van der Waals surface area contributed by atoms with E-state index in [4.69, 9.17) is 4.74 Å². The summed E-state index contributed by atoms with van der Waals surface area (Å²) >= 11 is 0. The first kappa shape index (κ1) is 17.9. The van der Waals surface area contributed by atoms with Gasteiger partial charge in [-0.1, -0.05) is 57.8 Å². The van der Waals surface area contributed by atoms with Crippen LogP contribution < -0.4 is 0 Å². The van der Waals surface area contributed by atoms with Crippen molar-refractivity contribution in [3.63, 3.8) is 0 Å². The van der Waals surface area contributed by atoms with Gasteiger partial charge in [-0.25, -0.2) is 4.79 Å². The number of unbranched alkanes of at least 4 members (excludes halogenated alkanes) is 7. The predicted molar refractivity (Wildman–Crippen MR) is 82.1 cm³/mol. The third-order valence-corrected chi connectivity index (χ3v) is 2.99. The van der Waals surface area contributed by atoms with Gasteiger partial charge in [0.2, 0.25) is 0 Å². The van der Waals surface area contributed by atoms with Gasteiger partial charge >= 0.3 is 5.97 Å². The van der Waals surface area contributed by atoms with Crippen molar-refractivity contribution in [2.45, 2.75) is 71.6 Å². The zero-order chi connectivity index (χ0) is 14.3. The van der Waals surface area contributed by atoms with E-state index < -0.39 is 0 Å². The third-order valence-electron chi connectivity index (χ3n) is 2.99. The number of carbonyl (C=O) groups excluding carboxylic acids is 1. The Morgan fingerprint density at radius 3 is 2.21 bits per heavy atom. The smallest absolute Gasteiger partial charge is 0.333 e. The highest BCUT2D eigenvalue weighted by atomic mass is 16.5. The number of hydrogen-bond donors (Lipinski definition) is 0. The molecule has 0 saturated heterocycles. The average Bonchev–Trinajstić information content (AvgIpc) is 2.39. The minimum absolute atomic E-state index is 0.281. The maximum Gasteiger partial charge on any atom is 0.333 e. The van der Waals surface area contributed by atoms with Crippen molar-refractivity contribution in [1.29, 1.82) is 0 Å². The van der Waals surface area contributed by atoms with Crippen LogP contribution in [0.1, 0.15) is 71.6 Å². The van der Waals surface area contributed by atoms with E-state index >= 15 is 0 Å². The molecule has 0 fully saturated rings. The van der Waals surface area contributed by atoms with Gasteiger partial charge in [0.1, 0.15) is 0 Å². The lowest BCUT2D eigenvalue weighted by atomic mass is 10.1. The lowest BCUT2D eigenvalue weighted by Gasteiger charge is -2.02. The van der Waals surface area contributed by atoms with E-state index in [-0.39, 0.29) is 5.97 Å². The van der Waals surface area contributed by atoms with Crippen molar-refractivity contribution < 1.29 is 9.53 Å². The summed E-state index contributed by atoms with van der Waals surface area (Å²) in [7, 11) is 0. The quantitative estimate of drug-likeness (QED) is 0.210. The van der Waals surface area contributed by atoms with Gasteiger partial charge in [0.05, 0.1) is 6.61 Å². The first-order valence-corrected chi connectivity index (χ1v) is 7.66. The molecule has 0 bridgehead atoms. The molecule has 0 aromatic rings. The summed E-state index contributed by atoms with van der Waals surface area (Å²) in [5.41, 5.74) is 0.471. The zero-order valence-corrected chi connectivity index (χ0v) is 12.7. The van der Waals surface area contributed by atoms with Crippen molar-refractivity contribution in [1.82, 2.24) is 0 Å². The summed E-state index contributed by atoms with van der Waals surface area (Å²) in [5, 5.41) is 0. The average molecular weight is 266 g/mol. The number of carbonyl (C=O) groups is 1. The second-order valence-electron chi connectivity index (χ2n) is 5.09. The van der Waals surface area contributed by atoms with Gasteiger partial charge in [-0.2, -0.15) is 0 Å². The lowest BCUT2D eigenvalue weighted by molar-refractivity contribution is -0.139. The van der Waals surface area contributed by atoms with Gasteiger partial charge in [-0.15, -0.1) is 0 Å². The molecule has 2 nitrogen and oxygen atoms in total. The summed E-state index contributed by atoms with van der Waals surface area (Å²) in [4.78, 5) is 11.1. The van der Waals surface area contributed by atoms with Gasteiger partial charge in [-0.05, 0) is 32.6 Å². The fourth-order valence-electron chi connectivity index (χ4n) is 1.77. The Hall–Kier alpha value is -1.05. The molecule has 0 rings (SSSR count). The maximum atomic E-state index is 11.1. The van der Waals surface area contributed by atoms with Crippen LogP contribution in [0.15, 0.2) is 24.3 Å². The highest BCUT2D eigenvalue weighted by molar-refractivity contribution is 5.86. The van der Waals surface area contributed by atoms with Gasteiger partial charge in [-0.3, -0.25) is 0 Å². The van der Waals surface area contributed by atoms with Crippen LogP contribution in [-0.4, -0.2) is 12.6 Å². The topological polar surface area (TPSA) is 26.3 Å². The van der Waals surface area contributed by atoms with Crippen LogP contribution in [-0.2, 0) is 9.53 Å². The molecule has 2 heteroatoms. The molecule has 0 aliphatic rings. The molecule has 0 spiro atoms. The van der Waals surface area contributed by atoms with Crippen LogP contribution in [0, 0.1) is 0 Å². The summed E-state index contributed by atoms with van der Waals surface area (Å²) in [5.74, 6) is -0.281. The highest BCUT2D eigenvalue weighted by Gasteiger charge is 2.00. The number of hydrogen-bond acceptors (Lipinski definition) is 2. The van der Waals surface area contributed by atoms with Crippen molar-refractivity contribution >= 4 is 5.97 Å². The van der Waals surface area contributed by atoms with Crippen molar-refractivity contribution in [3.8, 4) is 0 Å². The fourth-order valence-corrected chi connectivity index (χ4v) is 1.77. The number of ether oxygens (including phenoxy) is 1. The lowest BCUT2D eigenvalue weighted by Crippen LogP contribution is -2.05. The van der Waals surface area contributed by atoms with Crippen LogP contribution in [0.25, 0.3) is 0 Å². The molecule has 0 aliphatic carbocycles. The molecule has 0 heterocycles. The van der Waals surface area contributed by atoms with Crippen LogP contribution >= 0.6 is 0 Å². The second-order valence-corrected chi connectivity index (χ2v) is 5.09. The molecule has 0 radical (unpaired) electrons. The summed E-state index contributed by atoms with van der Waals surface area (Å²) < 4.78 is 5.01. The molecular weight excluding hydrogens is 236 g/mol. The van der Waals surface area contributed by atoms with E-state index in [0.29, 0.717) is 12.2 Å². The van der Waals surface area contributed by atoms with Crippen LogP contribution in [0.5, 0.6) is 0 Å². The summed E-state index contributed by atoms with van der Waals surface area (Å²) in [6, 6.07) is 0. The van der Waals surface area contributed by atoms with Gasteiger partial charge < -0.3 is 4.74 Å². The normalized spacial score (nSPS) is 10.8. The Balaban J connectivity index is 3.22. The first-order chi connectivity index (χ1) is 9.18. The molecule has 0 saturated carbocycles. The number of allylic oxidation sites excluding steroid dienone is 2. The summed E-state index contributed by atoms with van der Waals surface area (Å²) in [6.07, 6.45) is 15.6. The third kappa shape index (κ3) is 13.2. The largest absolute Gasteiger partial charge is 0.462 e. The fraction of sp³-hybridized carbons (Fsp3) is 0.706. The van der Waals surface area contributed by atoms with E-state index in [1.54, 1.807) is 6.92 Å². The van der Waals surface area contributed by atoms with Gasteiger partial charge in [0.25, 0.3) is 0 Å². The van der Waals surface area contributed by atoms with E-state index in [1.165, 1.54) is 44.9 Å². The van der Waals surface area contributed by atoms with E-state index in [0.717, 1.165) is 12.8 Å². The molecule has 0 unspecified atom stereocenters. The summed E-state index contributed by atoms with van der Waals surface area (Å²) in [6.45, 7) is 7.95. The molecule has 0 aromatic heterocycles. The molecule has 0 amide bonds. The molecule has 0 atom stereocenters. The molecule has 0 N–H and O–H groups in total. The number of esters is 1. The second kappa shape index (κ2) is 13.4. The van der Waals surface area contributed by atoms with E-state index in [1.807, 2.05) is 0 Å². The van der Waals surface area contributed by atoms with Crippen LogP contribution in [0.3, 0.4) is 0 Å². The Kier molecular flexibility index (Phi) is 12.6. The maximum absolute atomic E-state index is 11.1. The van der Waals surface area contributed by atoms with Crippen LogP contribution in [0.2, 0.25) is 0 Å². The van der Waals surface area contributed by atoms with Crippen molar-refractivity contribution in [3.05, 3.63) is 24.3 Å². The van der Waals surface area contributed by atoms with Crippen LogP contribution in [0.4, 0.5) is 0 Å². The minimum Gasteiger partial charge on any atom is -0.462 e. The monoisotopic (exact) mass is 266 g/mol. The van der Waals surface area contributed by atoms with E-state index in [2.05, 4.69) is 25.7 Å². The first-order valence-electron chi connectivity index (χ1n) is 7.66.